The molecule has 1 saturated heterocycles. The summed E-state index contributed by atoms with van der Waals surface area (Å²) < 4.78 is 11.3. The quantitative estimate of drug-likeness (QED) is 0.486. The molecule has 0 amide bonds. The van der Waals surface area contributed by atoms with E-state index in [4.69, 9.17) is 9.47 Å². The van der Waals surface area contributed by atoms with Crippen molar-refractivity contribution in [1.29, 1.82) is 5.26 Å². The summed E-state index contributed by atoms with van der Waals surface area (Å²) in [5.41, 5.74) is 3.33. The second kappa shape index (κ2) is 10.9. The average molecular weight is 478 g/mol. The topological polar surface area (TPSA) is 123 Å². The number of nitrogens with zero attached hydrogens (tertiary/aromatic N) is 1. The number of methoxy groups -OCH3 is 1. The Hall–Kier alpha value is -2.75. The molecule has 1 aliphatic carbocycles. The van der Waals surface area contributed by atoms with Gasteiger partial charge in [-0.05, 0) is 67.0 Å². The molecule has 2 aliphatic rings. The molecule has 1 saturated carbocycles. The van der Waals surface area contributed by atoms with Crippen LogP contribution in [-0.2, 0) is 15.9 Å². The summed E-state index contributed by atoms with van der Waals surface area (Å²) in [7, 11) is 1.72. The van der Waals surface area contributed by atoms with Crippen molar-refractivity contribution >= 4 is 0 Å². The van der Waals surface area contributed by atoms with E-state index in [-0.39, 0.29) is 5.60 Å². The van der Waals surface area contributed by atoms with Gasteiger partial charge in [-0.25, -0.2) is 0 Å². The summed E-state index contributed by atoms with van der Waals surface area (Å²) in [6.07, 6.45) is -1.54. The Bertz CT molecular complexity index is 1120. The minimum absolute atomic E-state index is 0.342. The highest BCUT2D eigenvalue weighted by Gasteiger charge is 2.44. The van der Waals surface area contributed by atoms with Crippen molar-refractivity contribution < 1.29 is 29.9 Å². The van der Waals surface area contributed by atoms with E-state index in [0.717, 1.165) is 42.4 Å². The van der Waals surface area contributed by atoms with E-state index >= 15 is 0 Å². The zero-order chi connectivity index (χ0) is 25.0. The highest BCUT2D eigenvalue weighted by Crippen LogP contribution is 2.34. The van der Waals surface area contributed by atoms with Crippen molar-refractivity contribution in [2.45, 2.75) is 68.2 Å². The highest BCUT2D eigenvalue weighted by molar-refractivity contribution is 5.45. The van der Waals surface area contributed by atoms with Crippen molar-refractivity contribution in [3.8, 4) is 17.9 Å². The molecule has 2 fully saturated rings. The van der Waals surface area contributed by atoms with E-state index in [1.165, 1.54) is 0 Å². The van der Waals surface area contributed by atoms with Gasteiger partial charge in [0.25, 0.3) is 0 Å². The molecular weight excluding hydrogens is 446 g/mol. The lowest BCUT2D eigenvalue weighted by molar-refractivity contribution is -0.231. The van der Waals surface area contributed by atoms with Crippen LogP contribution in [0.5, 0.6) is 0 Å². The smallest absolute Gasteiger partial charge is 0.128 e. The monoisotopic (exact) mass is 477 g/mol. The van der Waals surface area contributed by atoms with Crippen molar-refractivity contribution in [2.75, 3.05) is 13.7 Å². The van der Waals surface area contributed by atoms with E-state index in [2.05, 4.69) is 17.9 Å². The van der Waals surface area contributed by atoms with Gasteiger partial charge in [-0.1, -0.05) is 36.1 Å². The van der Waals surface area contributed by atoms with Crippen LogP contribution >= 0.6 is 0 Å². The van der Waals surface area contributed by atoms with Crippen molar-refractivity contribution in [1.82, 2.24) is 0 Å². The lowest BCUT2D eigenvalue weighted by atomic mass is 9.89. The Morgan fingerprint density at radius 3 is 2.37 bits per heavy atom. The van der Waals surface area contributed by atoms with Gasteiger partial charge in [-0.3, -0.25) is 0 Å². The molecule has 35 heavy (non-hydrogen) atoms. The fourth-order valence-corrected chi connectivity index (χ4v) is 4.86. The number of ether oxygens (including phenoxy) is 2. The molecule has 0 radical (unpaired) electrons. The van der Waals surface area contributed by atoms with E-state index in [1.807, 2.05) is 24.3 Å². The SMILES string of the molecule is COC1(C#Cc2ccc(Cc3cc(C4OC(CO)[C@@H](O)[C@H](O)[C@H]4O)ccc3C#N)cc2)CCCC1. The van der Waals surface area contributed by atoms with Gasteiger partial charge in [0.1, 0.15) is 36.1 Å². The second-order valence-corrected chi connectivity index (χ2v) is 9.31. The molecule has 1 aliphatic heterocycles. The van der Waals surface area contributed by atoms with Crippen molar-refractivity contribution in [3.05, 3.63) is 70.3 Å². The maximum Gasteiger partial charge on any atom is 0.128 e. The first-order valence-electron chi connectivity index (χ1n) is 11.9. The second-order valence-electron chi connectivity index (χ2n) is 9.31. The van der Waals surface area contributed by atoms with Crippen LogP contribution < -0.4 is 0 Å². The van der Waals surface area contributed by atoms with Crippen molar-refractivity contribution in [2.24, 2.45) is 0 Å². The minimum Gasteiger partial charge on any atom is -0.394 e. The van der Waals surface area contributed by atoms with E-state index in [9.17, 15) is 25.7 Å². The molecule has 2 aromatic carbocycles. The largest absolute Gasteiger partial charge is 0.394 e. The number of aliphatic hydroxyl groups is 4. The molecule has 5 atom stereocenters. The van der Waals surface area contributed by atoms with Gasteiger partial charge in [0, 0.05) is 12.7 Å². The molecule has 7 nitrogen and oxygen atoms in total. The summed E-state index contributed by atoms with van der Waals surface area (Å²) in [6.45, 7) is -0.495. The van der Waals surface area contributed by atoms with Crippen LogP contribution in [0.15, 0.2) is 42.5 Å². The van der Waals surface area contributed by atoms with Crippen LogP contribution in [0.4, 0.5) is 0 Å². The number of hydrogen-bond donors (Lipinski definition) is 4. The van der Waals surface area contributed by atoms with E-state index in [0.29, 0.717) is 17.5 Å². The van der Waals surface area contributed by atoms with Gasteiger partial charge < -0.3 is 29.9 Å². The van der Waals surface area contributed by atoms with Gasteiger partial charge >= 0.3 is 0 Å². The normalized spacial score (nSPS) is 27.6. The molecule has 2 unspecified atom stereocenters. The summed E-state index contributed by atoms with van der Waals surface area (Å²) in [5.74, 6) is 6.53. The van der Waals surface area contributed by atoms with Crippen LogP contribution in [0, 0.1) is 23.2 Å². The first-order valence-corrected chi connectivity index (χ1v) is 11.9. The number of nitriles is 1. The Kier molecular flexibility index (Phi) is 7.88. The Labute approximate surface area is 205 Å². The molecule has 2 aromatic rings. The molecule has 4 rings (SSSR count). The molecule has 4 N–H and O–H groups in total. The molecular formula is C28H31NO6. The molecule has 0 aromatic heterocycles. The van der Waals surface area contributed by atoms with Gasteiger partial charge in [0.2, 0.25) is 0 Å². The third kappa shape index (κ3) is 5.42. The first-order chi connectivity index (χ1) is 16.9. The van der Waals surface area contributed by atoms with Gasteiger partial charge in [-0.15, -0.1) is 0 Å². The van der Waals surface area contributed by atoms with Crippen LogP contribution in [0.3, 0.4) is 0 Å². The third-order valence-electron chi connectivity index (χ3n) is 7.06. The molecule has 1 heterocycles. The maximum atomic E-state index is 10.5. The number of aliphatic hydroxyl groups excluding tert-OH is 4. The Morgan fingerprint density at radius 2 is 1.74 bits per heavy atom. The molecule has 7 heteroatoms. The van der Waals surface area contributed by atoms with E-state index in [1.54, 1.807) is 25.3 Å². The van der Waals surface area contributed by atoms with Crippen molar-refractivity contribution in [3.63, 3.8) is 0 Å². The zero-order valence-corrected chi connectivity index (χ0v) is 19.7. The van der Waals surface area contributed by atoms with Crippen LogP contribution in [0.25, 0.3) is 0 Å². The standard InChI is InChI=1S/C28H31NO6/c1-34-28(11-2-3-12-28)13-10-18-4-6-19(7-5-18)14-22-15-20(8-9-21(22)16-29)27-26(33)25(32)24(31)23(17-30)35-27/h4-9,15,23-27,30-33H,2-3,11-12,14,17H2,1H3/t23?,24-,25+,26-,27?/m1/s1. The number of hydrogen-bond acceptors (Lipinski definition) is 7. The average Bonchev–Trinajstić information content (AvgIpc) is 3.37. The predicted molar refractivity (Wildman–Crippen MR) is 128 cm³/mol. The molecule has 184 valence electrons. The lowest BCUT2D eigenvalue weighted by Gasteiger charge is -2.40. The summed E-state index contributed by atoms with van der Waals surface area (Å²) in [6, 6.07) is 15.1. The zero-order valence-electron chi connectivity index (χ0n) is 19.7. The van der Waals surface area contributed by atoms with Crippen LogP contribution in [0.2, 0.25) is 0 Å². The Morgan fingerprint density at radius 1 is 1.03 bits per heavy atom. The third-order valence-corrected chi connectivity index (χ3v) is 7.06. The molecule has 0 bridgehead atoms. The fourth-order valence-electron chi connectivity index (χ4n) is 4.86. The highest BCUT2D eigenvalue weighted by atomic mass is 16.5. The number of rotatable bonds is 5. The van der Waals surface area contributed by atoms with E-state index < -0.39 is 37.1 Å². The first kappa shape index (κ1) is 25.3. The fraction of sp³-hybridized carbons (Fsp3) is 0.464. The van der Waals surface area contributed by atoms with Gasteiger partial charge in [-0.2, -0.15) is 5.26 Å². The lowest BCUT2D eigenvalue weighted by Crippen LogP contribution is -2.55. The predicted octanol–water partition coefficient (Wildman–Crippen LogP) is 1.97. The minimum atomic E-state index is -1.46. The van der Waals surface area contributed by atoms with Crippen LogP contribution in [0.1, 0.15) is 59.6 Å². The Balaban J connectivity index is 1.54. The van der Waals surface area contributed by atoms with Gasteiger partial charge in [0.05, 0.1) is 18.2 Å². The molecule has 0 spiro atoms. The summed E-state index contributed by atoms with van der Waals surface area (Å²) in [4.78, 5) is 0. The number of benzene rings is 2. The summed E-state index contributed by atoms with van der Waals surface area (Å²) in [5, 5.41) is 49.7. The van der Waals surface area contributed by atoms with Gasteiger partial charge in [0.15, 0.2) is 0 Å². The maximum absolute atomic E-state index is 10.5. The summed E-state index contributed by atoms with van der Waals surface area (Å²) >= 11 is 0. The van der Waals surface area contributed by atoms with Crippen LogP contribution in [-0.4, -0.2) is 64.2 Å².